The van der Waals surface area contributed by atoms with Gasteiger partial charge in [0, 0.05) is 16.6 Å². The number of halogens is 1. The van der Waals surface area contributed by atoms with E-state index in [1.165, 1.54) is 12.1 Å². The summed E-state index contributed by atoms with van der Waals surface area (Å²) in [6.07, 6.45) is 1.32. The van der Waals surface area contributed by atoms with E-state index in [9.17, 15) is 14.3 Å². The molecule has 0 saturated heterocycles. The van der Waals surface area contributed by atoms with E-state index >= 15 is 0 Å². The van der Waals surface area contributed by atoms with Gasteiger partial charge in [-0.2, -0.15) is 0 Å². The van der Waals surface area contributed by atoms with Gasteiger partial charge in [0.2, 0.25) is 0 Å². The number of nitrogens with one attached hydrogen (secondary N) is 1. The highest BCUT2D eigenvalue weighted by Gasteiger charge is 2.53. The average molecular weight is 233 g/mol. The second-order valence-electron chi connectivity index (χ2n) is 4.70. The number of rotatable bonds is 2. The van der Waals surface area contributed by atoms with Crippen LogP contribution >= 0.6 is 0 Å². The highest BCUT2D eigenvalue weighted by atomic mass is 19.1. The van der Waals surface area contributed by atoms with Gasteiger partial charge < -0.3 is 10.1 Å². The lowest BCUT2D eigenvalue weighted by molar-refractivity contribution is -0.140. The summed E-state index contributed by atoms with van der Waals surface area (Å²) in [4.78, 5) is 14.4. The number of carbonyl (C=O) groups is 1. The normalized spacial score (nSPS) is 17.3. The van der Waals surface area contributed by atoms with E-state index in [1.54, 1.807) is 6.07 Å². The predicted molar refractivity (Wildman–Crippen MR) is 61.5 cm³/mol. The van der Waals surface area contributed by atoms with Gasteiger partial charge in [-0.25, -0.2) is 4.39 Å². The average Bonchev–Trinajstić information content (AvgIpc) is 2.97. The van der Waals surface area contributed by atoms with E-state index in [-0.39, 0.29) is 5.82 Å². The summed E-state index contributed by atoms with van der Waals surface area (Å²) in [5.74, 6) is -1.10. The van der Waals surface area contributed by atoms with Crippen molar-refractivity contribution in [1.29, 1.82) is 0 Å². The maximum atomic E-state index is 13.1. The third kappa shape index (κ3) is 1.30. The quantitative estimate of drug-likeness (QED) is 0.837. The number of benzene rings is 1. The largest absolute Gasteiger partial charge is 0.481 e. The number of carboxylic acids is 1. The predicted octanol–water partition coefficient (Wildman–Crippen LogP) is 2.73. The maximum absolute atomic E-state index is 13.1. The molecule has 88 valence electrons. The van der Waals surface area contributed by atoms with Crippen LogP contribution in [0.5, 0.6) is 0 Å². The smallest absolute Gasteiger partial charge is 0.314 e. The minimum Gasteiger partial charge on any atom is -0.481 e. The van der Waals surface area contributed by atoms with E-state index in [0.29, 0.717) is 18.4 Å². The van der Waals surface area contributed by atoms with E-state index in [2.05, 4.69) is 4.98 Å². The van der Waals surface area contributed by atoms with Gasteiger partial charge in [-0.1, -0.05) is 0 Å². The van der Waals surface area contributed by atoms with Crippen LogP contribution in [0.4, 0.5) is 4.39 Å². The molecule has 0 atom stereocenters. The number of H-pyrrole nitrogens is 1. The molecule has 1 saturated carbocycles. The van der Waals surface area contributed by atoms with E-state index in [4.69, 9.17) is 0 Å². The first-order valence-electron chi connectivity index (χ1n) is 5.56. The third-order valence-electron chi connectivity index (χ3n) is 3.59. The first kappa shape index (κ1) is 10.3. The molecular formula is C13H12FNO2. The molecule has 0 spiro atoms. The summed E-state index contributed by atoms with van der Waals surface area (Å²) in [7, 11) is 0. The molecule has 3 nitrogen and oxygen atoms in total. The molecule has 2 N–H and O–H groups in total. The third-order valence-corrected chi connectivity index (χ3v) is 3.59. The molecule has 3 rings (SSSR count). The van der Waals surface area contributed by atoms with E-state index in [0.717, 1.165) is 16.6 Å². The lowest BCUT2D eigenvalue weighted by Crippen LogP contribution is -2.20. The molecular weight excluding hydrogens is 221 g/mol. The van der Waals surface area contributed by atoms with Gasteiger partial charge in [-0.05, 0) is 43.5 Å². The lowest BCUT2D eigenvalue weighted by Gasteiger charge is -2.10. The van der Waals surface area contributed by atoms with Crippen LogP contribution in [0.3, 0.4) is 0 Å². The number of hydrogen-bond acceptors (Lipinski definition) is 1. The molecule has 1 aromatic heterocycles. The van der Waals surface area contributed by atoms with Gasteiger partial charge >= 0.3 is 5.97 Å². The van der Waals surface area contributed by atoms with E-state index in [1.807, 2.05) is 6.92 Å². The molecule has 1 aromatic carbocycles. The van der Waals surface area contributed by atoms with Crippen LogP contribution in [0.2, 0.25) is 0 Å². The summed E-state index contributed by atoms with van der Waals surface area (Å²) in [5.41, 5.74) is 1.57. The number of aromatic nitrogens is 1. The zero-order valence-corrected chi connectivity index (χ0v) is 9.38. The zero-order chi connectivity index (χ0) is 12.2. The van der Waals surface area contributed by atoms with Crippen molar-refractivity contribution in [2.75, 3.05) is 0 Å². The van der Waals surface area contributed by atoms with Gasteiger partial charge in [0.25, 0.3) is 0 Å². The van der Waals surface area contributed by atoms with Crippen molar-refractivity contribution in [3.63, 3.8) is 0 Å². The fourth-order valence-corrected chi connectivity index (χ4v) is 2.62. The molecule has 0 radical (unpaired) electrons. The Labute approximate surface area is 97.3 Å². The Hall–Kier alpha value is -1.84. The van der Waals surface area contributed by atoms with Crippen molar-refractivity contribution in [3.05, 3.63) is 35.3 Å². The number of aromatic amines is 1. The van der Waals surface area contributed by atoms with Crippen molar-refractivity contribution >= 4 is 16.9 Å². The van der Waals surface area contributed by atoms with Crippen LogP contribution < -0.4 is 0 Å². The van der Waals surface area contributed by atoms with Crippen LogP contribution in [-0.4, -0.2) is 16.1 Å². The molecule has 0 bridgehead atoms. The standard InChI is InChI=1S/C13H12FNO2/c1-7-11(13(4-5-13)12(16)17)9-3-2-8(14)6-10(9)15-7/h2-3,6,15H,4-5H2,1H3,(H,16,17). The molecule has 1 fully saturated rings. The monoisotopic (exact) mass is 233 g/mol. The second-order valence-corrected chi connectivity index (χ2v) is 4.70. The molecule has 0 unspecified atom stereocenters. The van der Waals surface area contributed by atoms with Crippen molar-refractivity contribution in [1.82, 2.24) is 4.98 Å². The number of fused-ring (bicyclic) bond motifs is 1. The summed E-state index contributed by atoms with van der Waals surface area (Å²) in [6, 6.07) is 4.44. The van der Waals surface area contributed by atoms with Crippen molar-refractivity contribution < 1.29 is 14.3 Å². The van der Waals surface area contributed by atoms with Gasteiger partial charge in [0.1, 0.15) is 5.82 Å². The minimum absolute atomic E-state index is 0.314. The Kier molecular flexibility index (Phi) is 1.88. The van der Waals surface area contributed by atoms with E-state index < -0.39 is 11.4 Å². The number of aryl methyl sites for hydroxylation is 1. The van der Waals surface area contributed by atoms with Gasteiger partial charge in [-0.3, -0.25) is 4.79 Å². The Morgan fingerprint density at radius 1 is 1.47 bits per heavy atom. The van der Waals surface area contributed by atoms with Crippen molar-refractivity contribution in [2.45, 2.75) is 25.2 Å². The molecule has 1 aliphatic carbocycles. The lowest BCUT2D eigenvalue weighted by atomic mass is 9.93. The molecule has 0 amide bonds. The van der Waals surface area contributed by atoms with Crippen LogP contribution in [0, 0.1) is 12.7 Å². The number of hydrogen-bond donors (Lipinski definition) is 2. The minimum atomic E-state index is -0.786. The molecule has 2 aromatic rings. The Morgan fingerprint density at radius 3 is 2.76 bits per heavy atom. The number of carboxylic acid groups (broad SMARTS) is 1. The summed E-state index contributed by atoms with van der Waals surface area (Å²) < 4.78 is 13.1. The Balaban J connectivity index is 2.30. The topological polar surface area (TPSA) is 53.1 Å². The number of aliphatic carboxylic acids is 1. The highest BCUT2D eigenvalue weighted by Crippen LogP contribution is 2.51. The fraction of sp³-hybridized carbons (Fsp3) is 0.308. The molecule has 17 heavy (non-hydrogen) atoms. The van der Waals surface area contributed by atoms with Crippen LogP contribution in [0.15, 0.2) is 18.2 Å². The summed E-state index contributed by atoms with van der Waals surface area (Å²) in [5, 5.41) is 10.1. The fourth-order valence-electron chi connectivity index (χ4n) is 2.62. The van der Waals surface area contributed by atoms with Crippen LogP contribution in [0.25, 0.3) is 10.9 Å². The zero-order valence-electron chi connectivity index (χ0n) is 9.38. The first-order valence-corrected chi connectivity index (χ1v) is 5.56. The van der Waals surface area contributed by atoms with Gasteiger partial charge in [0.15, 0.2) is 0 Å². The van der Waals surface area contributed by atoms with Crippen molar-refractivity contribution in [3.8, 4) is 0 Å². The van der Waals surface area contributed by atoms with Crippen molar-refractivity contribution in [2.24, 2.45) is 0 Å². The van der Waals surface area contributed by atoms with Gasteiger partial charge in [0.05, 0.1) is 5.41 Å². The highest BCUT2D eigenvalue weighted by molar-refractivity contribution is 5.95. The Bertz CT molecular complexity index is 626. The molecule has 1 aliphatic rings. The first-order chi connectivity index (χ1) is 8.04. The van der Waals surface area contributed by atoms with Crippen LogP contribution in [0.1, 0.15) is 24.1 Å². The summed E-state index contributed by atoms with van der Waals surface area (Å²) in [6.45, 7) is 1.84. The Morgan fingerprint density at radius 2 is 2.18 bits per heavy atom. The maximum Gasteiger partial charge on any atom is 0.314 e. The molecule has 4 heteroatoms. The SMILES string of the molecule is Cc1[nH]c2cc(F)ccc2c1C1(C(=O)O)CC1. The van der Waals surface area contributed by atoms with Crippen LogP contribution in [-0.2, 0) is 10.2 Å². The van der Waals surface area contributed by atoms with Gasteiger partial charge in [-0.15, -0.1) is 0 Å². The molecule has 1 heterocycles. The summed E-state index contributed by atoms with van der Waals surface area (Å²) >= 11 is 0. The molecule has 0 aliphatic heterocycles. The second kappa shape index (κ2) is 3.09.